The largest absolute Gasteiger partial charge is 0.393 e. The van der Waals surface area contributed by atoms with Crippen molar-refractivity contribution < 1.29 is 0 Å². The number of nitrogens with two attached hydrogens (primary N) is 1. The van der Waals surface area contributed by atoms with Crippen LogP contribution in [0.2, 0.25) is 0 Å². The number of nitrogens with zero attached hydrogens (tertiary/aromatic N) is 4. The molecule has 2 aromatic heterocycles. The molecule has 25 heavy (non-hydrogen) atoms. The minimum absolute atomic E-state index is 0.546. The molecule has 0 fully saturated rings. The summed E-state index contributed by atoms with van der Waals surface area (Å²) >= 11 is 0. The monoisotopic (exact) mass is 332 g/mol. The predicted octanol–water partition coefficient (Wildman–Crippen LogP) is 3.07. The molecule has 0 saturated heterocycles. The van der Waals surface area contributed by atoms with Crippen LogP contribution in [0.3, 0.4) is 0 Å². The molecule has 6 nitrogen and oxygen atoms in total. The van der Waals surface area contributed by atoms with Gasteiger partial charge in [-0.05, 0) is 36.6 Å². The van der Waals surface area contributed by atoms with Gasteiger partial charge in [-0.2, -0.15) is 0 Å². The van der Waals surface area contributed by atoms with Crippen molar-refractivity contribution in [2.75, 3.05) is 22.5 Å². The predicted molar refractivity (Wildman–Crippen MR) is 99.9 cm³/mol. The van der Waals surface area contributed by atoms with Gasteiger partial charge in [-0.1, -0.05) is 30.3 Å². The summed E-state index contributed by atoms with van der Waals surface area (Å²) in [6.45, 7) is 3.64. The topological polar surface area (TPSA) is 80.0 Å². The maximum Gasteiger partial charge on any atom is 0.160 e. The second-order valence-electron chi connectivity index (χ2n) is 6.19. The second-order valence-corrected chi connectivity index (χ2v) is 6.19. The van der Waals surface area contributed by atoms with E-state index in [2.05, 4.69) is 49.4 Å². The lowest BCUT2D eigenvalue weighted by molar-refractivity contribution is 0.721. The third-order valence-corrected chi connectivity index (χ3v) is 4.43. The van der Waals surface area contributed by atoms with Crippen molar-refractivity contribution in [1.29, 1.82) is 0 Å². The zero-order chi connectivity index (χ0) is 17.2. The summed E-state index contributed by atoms with van der Waals surface area (Å²) in [6, 6.07) is 14.3. The summed E-state index contributed by atoms with van der Waals surface area (Å²) < 4.78 is 0. The number of aromatic nitrogens is 3. The summed E-state index contributed by atoms with van der Waals surface area (Å²) in [7, 11) is 0. The molecule has 0 spiro atoms. The first-order valence-electron chi connectivity index (χ1n) is 8.33. The minimum Gasteiger partial charge on any atom is -0.393 e. The van der Waals surface area contributed by atoms with Gasteiger partial charge in [0, 0.05) is 18.8 Å². The summed E-state index contributed by atoms with van der Waals surface area (Å²) in [5, 5.41) is 3.20. The van der Waals surface area contributed by atoms with E-state index in [-0.39, 0.29) is 0 Å². The Balaban J connectivity index is 1.61. The van der Waals surface area contributed by atoms with Gasteiger partial charge in [0.05, 0.1) is 0 Å². The smallest absolute Gasteiger partial charge is 0.160 e. The third-order valence-electron chi connectivity index (χ3n) is 4.43. The fourth-order valence-electron chi connectivity index (χ4n) is 3.15. The van der Waals surface area contributed by atoms with Crippen molar-refractivity contribution >= 4 is 23.1 Å². The van der Waals surface area contributed by atoms with E-state index in [1.165, 1.54) is 11.1 Å². The molecule has 0 radical (unpaired) electrons. The zero-order valence-corrected chi connectivity index (χ0v) is 14.1. The third kappa shape index (κ3) is 3.10. The molecule has 4 rings (SSSR count). The average Bonchev–Trinajstić information content (AvgIpc) is 2.63. The van der Waals surface area contributed by atoms with E-state index >= 15 is 0 Å². The maximum atomic E-state index is 6.36. The first-order chi connectivity index (χ1) is 12.2. The van der Waals surface area contributed by atoms with Crippen LogP contribution < -0.4 is 16.0 Å². The molecule has 0 unspecified atom stereocenters. The second kappa shape index (κ2) is 6.39. The molecule has 0 saturated carbocycles. The van der Waals surface area contributed by atoms with Crippen LogP contribution in [0.25, 0.3) is 0 Å². The highest BCUT2D eigenvalue weighted by Gasteiger charge is 2.20. The Morgan fingerprint density at radius 2 is 1.88 bits per heavy atom. The van der Waals surface area contributed by atoms with Crippen molar-refractivity contribution in [3.05, 3.63) is 65.6 Å². The molecule has 0 amide bonds. The molecule has 0 bridgehead atoms. The molecule has 1 aromatic carbocycles. The Kier molecular flexibility index (Phi) is 3.93. The van der Waals surface area contributed by atoms with E-state index in [4.69, 9.17) is 5.73 Å². The molecular weight excluding hydrogens is 312 g/mol. The van der Waals surface area contributed by atoms with E-state index in [0.717, 1.165) is 36.8 Å². The fraction of sp³-hybridized carbons (Fsp3) is 0.211. The van der Waals surface area contributed by atoms with Gasteiger partial charge >= 0.3 is 0 Å². The Bertz CT molecular complexity index is 908. The lowest BCUT2D eigenvalue weighted by atomic mass is 10.00. The number of fused-ring (bicyclic) bond motifs is 1. The molecular formula is C19H20N6. The molecule has 1 aliphatic rings. The van der Waals surface area contributed by atoms with Gasteiger partial charge in [0.2, 0.25) is 0 Å². The zero-order valence-electron chi connectivity index (χ0n) is 14.1. The highest BCUT2D eigenvalue weighted by atomic mass is 15.2. The molecule has 3 heterocycles. The SMILES string of the molecule is Cc1cccc(Nc2ncnc(N3CCc4ccccc4C3)c2N)n1. The normalized spacial score (nSPS) is 13.4. The number of nitrogen functional groups attached to an aromatic ring is 1. The van der Waals surface area contributed by atoms with E-state index in [9.17, 15) is 0 Å². The van der Waals surface area contributed by atoms with Crippen molar-refractivity contribution in [2.24, 2.45) is 0 Å². The molecule has 3 aromatic rings. The first-order valence-corrected chi connectivity index (χ1v) is 8.33. The van der Waals surface area contributed by atoms with Gasteiger partial charge in [-0.25, -0.2) is 15.0 Å². The van der Waals surface area contributed by atoms with Crippen LogP contribution in [0.4, 0.5) is 23.1 Å². The highest BCUT2D eigenvalue weighted by Crippen LogP contribution is 2.31. The Morgan fingerprint density at radius 1 is 1.04 bits per heavy atom. The van der Waals surface area contributed by atoms with Crippen LogP contribution in [0.5, 0.6) is 0 Å². The number of aryl methyl sites for hydroxylation is 1. The lowest BCUT2D eigenvalue weighted by Crippen LogP contribution is -2.31. The standard InChI is InChI=1S/C19H20N6/c1-13-5-4-8-16(23-13)24-18-17(20)19(22-12-21-18)25-10-9-14-6-2-3-7-15(14)11-25/h2-8,12H,9-11,20H2,1H3,(H,21,22,23,24). The number of pyridine rings is 1. The van der Waals surface area contributed by atoms with E-state index in [0.29, 0.717) is 11.5 Å². The van der Waals surface area contributed by atoms with Crippen LogP contribution in [0.1, 0.15) is 16.8 Å². The van der Waals surface area contributed by atoms with Gasteiger partial charge in [-0.3, -0.25) is 0 Å². The van der Waals surface area contributed by atoms with Crippen LogP contribution in [0, 0.1) is 6.92 Å². The maximum absolute atomic E-state index is 6.36. The van der Waals surface area contributed by atoms with Crippen LogP contribution in [-0.2, 0) is 13.0 Å². The van der Waals surface area contributed by atoms with Crippen molar-refractivity contribution in [3.63, 3.8) is 0 Å². The summed E-state index contributed by atoms with van der Waals surface area (Å²) in [4.78, 5) is 15.4. The summed E-state index contributed by atoms with van der Waals surface area (Å²) in [5.41, 5.74) is 10.6. The first kappa shape index (κ1) is 15.4. The minimum atomic E-state index is 0.546. The van der Waals surface area contributed by atoms with Crippen LogP contribution in [0.15, 0.2) is 48.8 Å². The molecule has 3 N–H and O–H groups in total. The van der Waals surface area contributed by atoms with Gasteiger partial charge in [0.1, 0.15) is 17.8 Å². The molecule has 1 aliphatic heterocycles. The van der Waals surface area contributed by atoms with Gasteiger partial charge < -0.3 is 16.0 Å². The van der Waals surface area contributed by atoms with Crippen LogP contribution in [-0.4, -0.2) is 21.5 Å². The number of benzene rings is 1. The Hall–Kier alpha value is -3.15. The quantitative estimate of drug-likeness (QED) is 0.767. The number of rotatable bonds is 3. The summed E-state index contributed by atoms with van der Waals surface area (Å²) in [5.74, 6) is 2.07. The fourth-order valence-corrected chi connectivity index (χ4v) is 3.15. The average molecular weight is 332 g/mol. The number of hydrogen-bond acceptors (Lipinski definition) is 6. The van der Waals surface area contributed by atoms with Gasteiger partial charge in [0.15, 0.2) is 11.6 Å². The van der Waals surface area contributed by atoms with Gasteiger partial charge in [-0.15, -0.1) is 0 Å². The molecule has 0 atom stereocenters. The highest BCUT2D eigenvalue weighted by molar-refractivity contribution is 5.77. The molecule has 0 aliphatic carbocycles. The van der Waals surface area contributed by atoms with Gasteiger partial charge in [0.25, 0.3) is 0 Å². The van der Waals surface area contributed by atoms with Crippen molar-refractivity contribution in [1.82, 2.24) is 15.0 Å². The number of hydrogen-bond donors (Lipinski definition) is 2. The number of anilines is 4. The summed E-state index contributed by atoms with van der Waals surface area (Å²) in [6.07, 6.45) is 2.53. The number of nitrogens with one attached hydrogen (secondary N) is 1. The van der Waals surface area contributed by atoms with E-state index < -0.39 is 0 Å². The molecule has 6 heteroatoms. The Morgan fingerprint density at radius 3 is 2.72 bits per heavy atom. The Labute approximate surface area is 146 Å². The van der Waals surface area contributed by atoms with Crippen LogP contribution >= 0.6 is 0 Å². The lowest BCUT2D eigenvalue weighted by Gasteiger charge is -2.30. The molecule has 126 valence electrons. The van der Waals surface area contributed by atoms with E-state index in [1.807, 2.05) is 25.1 Å². The van der Waals surface area contributed by atoms with Crippen molar-refractivity contribution in [3.8, 4) is 0 Å². The van der Waals surface area contributed by atoms with E-state index in [1.54, 1.807) is 6.33 Å². The van der Waals surface area contributed by atoms with Crippen molar-refractivity contribution in [2.45, 2.75) is 19.9 Å².